The largest absolute Gasteiger partial charge is 0.472 e. The smallest absolute Gasteiger partial charge is 0.462 e. The molecule has 83 heavy (non-hydrogen) atoms. The van der Waals surface area contributed by atoms with Crippen molar-refractivity contribution in [2.75, 3.05) is 39.6 Å². The van der Waals surface area contributed by atoms with Gasteiger partial charge in [-0.05, 0) is 43.4 Å². The Morgan fingerprint density at radius 3 is 0.819 bits per heavy atom. The Labute approximate surface area is 505 Å². The minimum absolute atomic E-state index is 0.104. The molecule has 0 saturated carbocycles. The summed E-state index contributed by atoms with van der Waals surface area (Å²) in [5, 5.41) is 10.5. The molecule has 0 radical (unpaired) electrons. The Balaban J connectivity index is 5.22. The number of phosphoric acid groups is 2. The summed E-state index contributed by atoms with van der Waals surface area (Å²) in [6.45, 7) is 11.7. The van der Waals surface area contributed by atoms with E-state index in [4.69, 9.17) is 37.0 Å². The van der Waals surface area contributed by atoms with E-state index >= 15 is 0 Å². The fourth-order valence-electron chi connectivity index (χ4n) is 9.48. The second kappa shape index (κ2) is 55.4. The van der Waals surface area contributed by atoms with E-state index in [2.05, 4.69) is 48.5 Å². The standard InChI is InChI=1S/C64H124O17P2/c1-8-9-10-11-21-31-38-45-61(66)74-51-59(81-64(69)48-41-34-27-20-18-24-30-37-44-57(6)7)53-78-82(70,71)76-49-58(65)50-77-83(72,73)79-54-60(52-75-62(67)46-39-32-25-19-17-23-29-36-43-56(4)5)80-63(68)47-40-33-26-16-14-12-13-15-22-28-35-42-55(2)3/h55-60,65H,8-54H2,1-7H3,(H,70,71)(H,72,73)/t58-,59+,60+/m0/s1. The van der Waals surface area contributed by atoms with Crippen molar-refractivity contribution < 1.29 is 80.2 Å². The zero-order valence-electron chi connectivity index (χ0n) is 53.6. The first-order valence-electron chi connectivity index (χ1n) is 33.3. The highest BCUT2D eigenvalue weighted by molar-refractivity contribution is 7.47. The highest BCUT2D eigenvalue weighted by atomic mass is 31.2. The first-order chi connectivity index (χ1) is 39.7. The summed E-state index contributed by atoms with van der Waals surface area (Å²) in [5.74, 6) is 0.0690. The molecule has 0 aromatic heterocycles. The van der Waals surface area contributed by atoms with Crippen LogP contribution in [0.15, 0.2) is 0 Å². The topological polar surface area (TPSA) is 237 Å². The highest BCUT2D eigenvalue weighted by Crippen LogP contribution is 2.45. The lowest BCUT2D eigenvalue weighted by Crippen LogP contribution is -2.30. The number of carbonyl (C=O) groups excluding carboxylic acids is 4. The minimum atomic E-state index is -4.94. The summed E-state index contributed by atoms with van der Waals surface area (Å²) < 4.78 is 67.9. The number of ether oxygens (including phenoxy) is 4. The van der Waals surface area contributed by atoms with Gasteiger partial charge in [-0.2, -0.15) is 0 Å². The van der Waals surface area contributed by atoms with Crippen LogP contribution in [0.3, 0.4) is 0 Å². The summed E-state index contributed by atoms with van der Waals surface area (Å²) >= 11 is 0. The molecule has 0 bridgehead atoms. The van der Waals surface area contributed by atoms with Crippen molar-refractivity contribution in [2.24, 2.45) is 17.8 Å². The Hall–Kier alpha value is -1.94. The van der Waals surface area contributed by atoms with Gasteiger partial charge in [-0.15, -0.1) is 0 Å². The van der Waals surface area contributed by atoms with Crippen LogP contribution in [0.2, 0.25) is 0 Å². The predicted octanol–water partition coefficient (Wildman–Crippen LogP) is 17.5. The summed E-state index contributed by atoms with van der Waals surface area (Å²) in [6, 6.07) is 0. The van der Waals surface area contributed by atoms with E-state index in [-0.39, 0.29) is 25.7 Å². The number of aliphatic hydroxyl groups excluding tert-OH is 1. The Kier molecular flexibility index (Phi) is 54.1. The molecule has 2 unspecified atom stereocenters. The number of esters is 4. The molecule has 0 spiro atoms. The molecule has 0 aromatic rings. The van der Waals surface area contributed by atoms with Crippen molar-refractivity contribution in [3.63, 3.8) is 0 Å². The molecular formula is C64H124O17P2. The van der Waals surface area contributed by atoms with Crippen molar-refractivity contribution in [3.05, 3.63) is 0 Å². The van der Waals surface area contributed by atoms with Gasteiger partial charge in [0.2, 0.25) is 0 Å². The Morgan fingerprint density at radius 2 is 0.554 bits per heavy atom. The van der Waals surface area contributed by atoms with Crippen molar-refractivity contribution in [1.29, 1.82) is 0 Å². The molecule has 0 aliphatic rings. The van der Waals surface area contributed by atoms with Gasteiger partial charge in [-0.3, -0.25) is 37.3 Å². The summed E-state index contributed by atoms with van der Waals surface area (Å²) in [6.07, 6.45) is 36.4. The van der Waals surface area contributed by atoms with E-state index in [9.17, 15) is 43.2 Å². The van der Waals surface area contributed by atoms with Crippen molar-refractivity contribution in [3.8, 4) is 0 Å². The van der Waals surface area contributed by atoms with Crippen LogP contribution >= 0.6 is 15.6 Å². The fraction of sp³-hybridized carbons (Fsp3) is 0.938. The number of unbranched alkanes of at least 4 members (excludes halogenated alkanes) is 30. The molecule has 0 saturated heterocycles. The van der Waals surface area contributed by atoms with Gasteiger partial charge >= 0.3 is 39.5 Å². The first-order valence-corrected chi connectivity index (χ1v) is 36.3. The summed E-state index contributed by atoms with van der Waals surface area (Å²) in [5.41, 5.74) is 0. The average Bonchev–Trinajstić information content (AvgIpc) is 3.47. The first kappa shape index (κ1) is 81.1. The highest BCUT2D eigenvalue weighted by Gasteiger charge is 2.30. The van der Waals surface area contributed by atoms with Crippen molar-refractivity contribution in [2.45, 2.75) is 330 Å². The lowest BCUT2D eigenvalue weighted by molar-refractivity contribution is -0.161. The maximum absolute atomic E-state index is 13.0. The lowest BCUT2D eigenvalue weighted by Gasteiger charge is -2.21. The Bertz CT molecular complexity index is 1650. The molecule has 0 fully saturated rings. The molecule has 3 N–H and O–H groups in total. The third kappa shape index (κ3) is 58.8. The van der Waals surface area contributed by atoms with Crippen LogP contribution in [0.1, 0.15) is 312 Å². The average molecular weight is 1230 g/mol. The van der Waals surface area contributed by atoms with Crippen LogP contribution in [0, 0.1) is 17.8 Å². The van der Waals surface area contributed by atoms with Crippen LogP contribution in [-0.2, 0) is 65.4 Å². The normalized spacial score (nSPS) is 14.4. The maximum Gasteiger partial charge on any atom is 0.472 e. The van der Waals surface area contributed by atoms with Crippen LogP contribution in [0.5, 0.6) is 0 Å². The predicted molar refractivity (Wildman–Crippen MR) is 331 cm³/mol. The maximum atomic E-state index is 13.0. The number of phosphoric ester groups is 2. The van der Waals surface area contributed by atoms with Gasteiger partial charge in [0.1, 0.15) is 19.3 Å². The quantitative estimate of drug-likeness (QED) is 0.0222. The fourth-order valence-corrected chi connectivity index (χ4v) is 11.1. The van der Waals surface area contributed by atoms with Crippen molar-refractivity contribution >= 4 is 39.5 Å². The molecule has 0 heterocycles. The monoisotopic (exact) mass is 1230 g/mol. The number of carbonyl (C=O) groups is 4. The zero-order valence-corrected chi connectivity index (χ0v) is 55.4. The second-order valence-electron chi connectivity index (χ2n) is 24.6. The number of aliphatic hydroxyl groups is 1. The van der Waals surface area contributed by atoms with Gasteiger partial charge in [0.05, 0.1) is 26.4 Å². The van der Waals surface area contributed by atoms with Gasteiger partial charge in [0.15, 0.2) is 12.2 Å². The van der Waals surface area contributed by atoms with E-state index in [0.29, 0.717) is 25.7 Å². The number of hydrogen-bond acceptors (Lipinski definition) is 15. The molecule has 5 atom stereocenters. The van der Waals surface area contributed by atoms with E-state index < -0.39 is 97.5 Å². The summed E-state index contributed by atoms with van der Waals surface area (Å²) in [7, 11) is -9.88. The molecule has 17 nitrogen and oxygen atoms in total. The number of hydrogen-bond donors (Lipinski definition) is 3. The molecule has 0 aliphatic carbocycles. The molecule has 0 amide bonds. The van der Waals surface area contributed by atoms with Crippen LogP contribution in [-0.4, -0.2) is 96.7 Å². The molecular weight excluding hydrogens is 1100 g/mol. The Morgan fingerprint density at radius 1 is 0.325 bits per heavy atom. The SMILES string of the molecule is CCCCCCCCCC(=O)OC[C@H](COP(=O)(O)OC[C@H](O)COP(=O)(O)OC[C@@H](COC(=O)CCCCCCCCCCC(C)C)OC(=O)CCCCCCCCCCCCCC(C)C)OC(=O)CCCCCCCCCCC(C)C. The lowest BCUT2D eigenvalue weighted by atomic mass is 10.0. The van der Waals surface area contributed by atoms with Crippen molar-refractivity contribution in [1.82, 2.24) is 0 Å². The molecule has 0 rings (SSSR count). The third-order valence-electron chi connectivity index (χ3n) is 14.6. The minimum Gasteiger partial charge on any atom is -0.462 e. The van der Waals surface area contributed by atoms with E-state index in [1.807, 2.05) is 0 Å². The zero-order chi connectivity index (χ0) is 61.7. The van der Waals surface area contributed by atoms with Gasteiger partial charge in [-0.25, -0.2) is 9.13 Å². The van der Waals surface area contributed by atoms with Gasteiger partial charge in [0.25, 0.3) is 0 Å². The van der Waals surface area contributed by atoms with Gasteiger partial charge in [-0.1, -0.05) is 260 Å². The van der Waals surface area contributed by atoms with Crippen LogP contribution in [0.4, 0.5) is 0 Å². The molecule has 19 heteroatoms. The third-order valence-corrected chi connectivity index (χ3v) is 16.5. The molecule has 492 valence electrons. The van der Waals surface area contributed by atoms with Crippen LogP contribution < -0.4 is 0 Å². The summed E-state index contributed by atoms with van der Waals surface area (Å²) in [4.78, 5) is 72.1. The second-order valence-corrected chi connectivity index (χ2v) is 27.5. The molecule has 0 aromatic carbocycles. The number of rotatable bonds is 62. The van der Waals surface area contributed by atoms with Gasteiger partial charge < -0.3 is 33.8 Å². The van der Waals surface area contributed by atoms with E-state index in [0.717, 1.165) is 120 Å². The van der Waals surface area contributed by atoms with E-state index in [1.165, 1.54) is 109 Å². The van der Waals surface area contributed by atoms with Crippen LogP contribution in [0.25, 0.3) is 0 Å². The van der Waals surface area contributed by atoms with E-state index in [1.54, 1.807) is 0 Å². The van der Waals surface area contributed by atoms with Gasteiger partial charge in [0, 0.05) is 25.7 Å². The molecule has 0 aliphatic heterocycles.